The zero-order valence-corrected chi connectivity index (χ0v) is 13.3. The minimum Gasteiger partial charge on any atom is -0.316 e. The molecule has 3 heteroatoms. The van der Waals surface area contributed by atoms with Crippen molar-refractivity contribution in [1.29, 1.82) is 0 Å². The molecule has 0 spiro atoms. The van der Waals surface area contributed by atoms with Gasteiger partial charge in [0.25, 0.3) is 0 Å². The second-order valence-electron chi connectivity index (χ2n) is 4.20. The van der Waals surface area contributed by atoms with Crippen LogP contribution in [-0.4, -0.2) is 18.3 Å². The lowest BCUT2D eigenvalue weighted by Crippen LogP contribution is -2.35. The van der Waals surface area contributed by atoms with Crippen LogP contribution in [0.5, 0.6) is 0 Å². The van der Waals surface area contributed by atoms with Crippen LogP contribution in [0.25, 0.3) is 0 Å². The van der Waals surface area contributed by atoms with Crippen LogP contribution in [0.1, 0.15) is 33.1 Å². The summed E-state index contributed by atoms with van der Waals surface area (Å²) in [5, 5.41) is 4.11. The van der Waals surface area contributed by atoms with Crippen molar-refractivity contribution in [3.8, 4) is 0 Å². The van der Waals surface area contributed by atoms with Gasteiger partial charge in [-0.1, -0.05) is 36.2 Å². The van der Waals surface area contributed by atoms with Gasteiger partial charge >= 0.3 is 0 Å². The zero-order valence-electron chi connectivity index (χ0n) is 10.9. The summed E-state index contributed by atoms with van der Waals surface area (Å²) in [6.07, 6.45) is 3.69. The third-order valence-corrected chi connectivity index (χ3v) is 4.96. The van der Waals surface area contributed by atoms with Gasteiger partial charge in [0.15, 0.2) is 0 Å². The molecule has 17 heavy (non-hydrogen) atoms. The van der Waals surface area contributed by atoms with E-state index < -0.39 is 0 Å². The van der Waals surface area contributed by atoms with E-state index in [9.17, 15) is 0 Å². The van der Waals surface area contributed by atoms with Gasteiger partial charge in [-0.3, -0.25) is 0 Å². The van der Waals surface area contributed by atoms with Crippen molar-refractivity contribution in [3.63, 3.8) is 0 Å². The monoisotopic (exact) mass is 315 g/mol. The summed E-state index contributed by atoms with van der Waals surface area (Å²) < 4.78 is 1.15. The van der Waals surface area contributed by atoms with Crippen molar-refractivity contribution in [2.24, 2.45) is 0 Å². The van der Waals surface area contributed by atoms with Gasteiger partial charge in [0, 0.05) is 20.7 Å². The van der Waals surface area contributed by atoms with Crippen molar-refractivity contribution in [1.82, 2.24) is 5.32 Å². The molecule has 0 heterocycles. The van der Waals surface area contributed by atoms with Gasteiger partial charge in [0.2, 0.25) is 0 Å². The standard InChI is InChI=1S/C14H22BrNS/c1-4-6-13(16-3)14(5-2)17-12-9-7-11(15)8-10-12/h7-10,13-14,16H,4-6H2,1-3H3. The van der Waals surface area contributed by atoms with Crippen molar-refractivity contribution in [3.05, 3.63) is 28.7 Å². The Bertz CT molecular complexity index is 313. The smallest absolute Gasteiger partial charge is 0.0245 e. The summed E-state index contributed by atoms with van der Waals surface area (Å²) in [7, 11) is 2.07. The molecule has 0 radical (unpaired) electrons. The van der Waals surface area contributed by atoms with E-state index in [1.807, 2.05) is 11.8 Å². The van der Waals surface area contributed by atoms with E-state index in [1.165, 1.54) is 24.2 Å². The normalized spacial score (nSPS) is 14.6. The van der Waals surface area contributed by atoms with Gasteiger partial charge in [-0.15, -0.1) is 11.8 Å². The summed E-state index contributed by atoms with van der Waals surface area (Å²) in [6, 6.07) is 9.22. The number of hydrogen-bond acceptors (Lipinski definition) is 2. The molecule has 1 aromatic carbocycles. The van der Waals surface area contributed by atoms with Crippen molar-refractivity contribution in [2.75, 3.05) is 7.05 Å². The number of rotatable bonds is 7. The first-order valence-electron chi connectivity index (χ1n) is 6.30. The molecule has 0 saturated carbocycles. The summed E-state index contributed by atoms with van der Waals surface area (Å²) in [5.41, 5.74) is 0. The fourth-order valence-corrected chi connectivity index (χ4v) is 3.48. The highest BCUT2D eigenvalue weighted by molar-refractivity contribution is 9.10. The number of nitrogens with one attached hydrogen (secondary N) is 1. The maximum absolute atomic E-state index is 3.47. The van der Waals surface area contributed by atoms with E-state index in [-0.39, 0.29) is 0 Å². The summed E-state index contributed by atoms with van der Waals surface area (Å²) in [5.74, 6) is 0. The average Bonchev–Trinajstić information content (AvgIpc) is 2.36. The minimum absolute atomic E-state index is 0.610. The highest BCUT2D eigenvalue weighted by atomic mass is 79.9. The number of benzene rings is 1. The third-order valence-electron chi connectivity index (χ3n) is 2.92. The Morgan fingerprint density at radius 3 is 2.35 bits per heavy atom. The Balaban J connectivity index is 2.64. The summed E-state index contributed by atoms with van der Waals surface area (Å²) in [6.45, 7) is 4.53. The second-order valence-corrected chi connectivity index (χ2v) is 6.43. The highest BCUT2D eigenvalue weighted by Crippen LogP contribution is 2.29. The van der Waals surface area contributed by atoms with Crippen LogP contribution in [0, 0.1) is 0 Å². The lowest BCUT2D eigenvalue weighted by atomic mass is 10.1. The van der Waals surface area contributed by atoms with E-state index in [0.717, 1.165) is 4.47 Å². The fourth-order valence-electron chi connectivity index (χ4n) is 1.97. The number of hydrogen-bond donors (Lipinski definition) is 1. The van der Waals surface area contributed by atoms with Gasteiger partial charge in [-0.2, -0.15) is 0 Å². The van der Waals surface area contributed by atoms with E-state index in [0.29, 0.717) is 11.3 Å². The molecule has 1 rings (SSSR count). The topological polar surface area (TPSA) is 12.0 Å². The van der Waals surface area contributed by atoms with Crippen LogP contribution in [0.3, 0.4) is 0 Å². The van der Waals surface area contributed by atoms with Gasteiger partial charge in [0.05, 0.1) is 0 Å². The molecule has 1 N–H and O–H groups in total. The molecule has 0 aliphatic heterocycles. The van der Waals surface area contributed by atoms with E-state index in [4.69, 9.17) is 0 Å². The molecule has 2 atom stereocenters. The van der Waals surface area contributed by atoms with Crippen LogP contribution in [0.4, 0.5) is 0 Å². The lowest BCUT2D eigenvalue weighted by Gasteiger charge is -2.25. The Morgan fingerprint density at radius 1 is 1.24 bits per heavy atom. The predicted molar refractivity (Wildman–Crippen MR) is 81.8 cm³/mol. The maximum atomic E-state index is 3.47. The van der Waals surface area contributed by atoms with Gasteiger partial charge < -0.3 is 5.32 Å². The molecule has 1 aromatic rings. The van der Waals surface area contributed by atoms with Crippen molar-refractivity contribution < 1.29 is 0 Å². The predicted octanol–water partition coefficient (Wildman–Crippen LogP) is 4.71. The summed E-state index contributed by atoms with van der Waals surface area (Å²) >= 11 is 5.46. The van der Waals surface area contributed by atoms with E-state index in [1.54, 1.807) is 0 Å². The number of thioether (sulfide) groups is 1. The van der Waals surface area contributed by atoms with Crippen LogP contribution < -0.4 is 5.32 Å². The molecule has 1 nitrogen and oxygen atoms in total. The number of halogens is 1. The highest BCUT2D eigenvalue weighted by Gasteiger charge is 2.18. The molecule has 0 fully saturated rings. The van der Waals surface area contributed by atoms with E-state index in [2.05, 4.69) is 66.4 Å². The quantitative estimate of drug-likeness (QED) is 0.731. The first-order chi connectivity index (χ1) is 8.21. The molecule has 0 bridgehead atoms. The average molecular weight is 316 g/mol. The summed E-state index contributed by atoms with van der Waals surface area (Å²) in [4.78, 5) is 1.36. The SMILES string of the molecule is CCCC(NC)C(CC)Sc1ccc(Br)cc1. The first-order valence-corrected chi connectivity index (χ1v) is 7.98. The molecule has 0 aliphatic rings. The zero-order chi connectivity index (χ0) is 12.7. The molecule has 0 aromatic heterocycles. The van der Waals surface area contributed by atoms with Crippen LogP contribution in [0.15, 0.2) is 33.6 Å². The molecular weight excluding hydrogens is 294 g/mol. The van der Waals surface area contributed by atoms with E-state index >= 15 is 0 Å². The Kier molecular flexibility index (Phi) is 7.24. The van der Waals surface area contributed by atoms with Crippen LogP contribution in [0.2, 0.25) is 0 Å². The Morgan fingerprint density at radius 2 is 1.88 bits per heavy atom. The molecule has 0 aliphatic carbocycles. The largest absolute Gasteiger partial charge is 0.316 e. The van der Waals surface area contributed by atoms with Gasteiger partial charge in [-0.25, -0.2) is 0 Å². The first kappa shape index (κ1) is 15.1. The van der Waals surface area contributed by atoms with Gasteiger partial charge in [0.1, 0.15) is 0 Å². The molecule has 96 valence electrons. The third kappa shape index (κ3) is 5.02. The van der Waals surface area contributed by atoms with Crippen molar-refractivity contribution in [2.45, 2.75) is 49.3 Å². The van der Waals surface area contributed by atoms with Crippen LogP contribution >= 0.6 is 27.7 Å². The Hall–Kier alpha value is 0.01000. The minimum atomic E-state index is 0.610. The molecular formula is C14H22BrNS. The Labute approximate surface area is 118 Å². The van der Waals surface area contributed by atoms with Crippen LogP contribution in [-0.2, 0) is 0 Å². The van der Waals surface area contributed by atoms with Crippen molar-refractivity contribution >= 4 is 27.7 Å². The maximum Gasteiger partial charge on any atom is 0.0245 e. The van der Waals surface area contributed by atoms with Gasteiger partial charge in [-0.05, 0) is 44.2 Å². The second kappa shape index (κ2) is 8.17. The lowest BCUT2D eigenvalue weighted by molar-refractivity contribution is 0.490. The fraction of sp³-hybridized carbons (Fsp3) is 0.571. The molecule has 2 unspecified atom stereocenters. The molecule has 0 amide bonds. The molecule has 0 saturated heterocycles.